The van der Waals surface area contributed by atoms with E-state index < -0.39 is 5.97 Å². The molecule has 3 nitrogen and oxygen atoms in total. The van der Waals surface area contributed by atoms with Gasteiger partial charge in [0.25, 0.3) is 0 Å². The number of hydrogen-bond acceptors (Lipinski definition) is 3. The lowest BCUT2D eigenvalue weighted by molar-refractivity contribution is -0.136. The van der Waals surface area contributed by atoms with Gasteiger partial charge in [-0.05, 0) is 23.3 Å². The van der Waals surface area contributed by atoms with Crippen molar-refractivity contribution in [2.75, 3.05) is 0 Å². The second-order valence-corrected chi connectivity index (χ2v) is 3.65. The van der Waals surface area contributed by atoms with Crippen molar-refractivity contribution < 1.29 is 9.90 Å². The van der Waals surface area contributed by atoms with Crippen LogP contribution in [-0.4, -0.2) is 11.1 Å². The van der Waals surface area contributed by atoms with Crippen molar-refractivity contribution in [1.82, 2.24) is 0 Å². The molecule has 0 amide bonds. The van der Waals surface area contributed by atoms with Crippen molar-refractivity contribution in [3.8, 4) is 6.07 Å². The lowest BCUT2D eigenvalue weighted by Crippen LogP contribution is -2.05. The van der Waals surface area contributed by atoms with Crippen LogP contribution in [0.3, 0.4) is 0 Å². The van der Waals surface area contributed by atoms with E-state index in [0.717, 1.165) is 0 Å². The summed E-state index contributed by atoms with van der Waals surface area (Å²) in [4.78, 5) is 11.2. The van der Waals surface area contributed by atoms with Gasteiger partial charge in [0.2, 0.25) is 0 Å². The van der Waals surface area contributed by atoms with Gasteiger partial charge in [-0.1, -0.05) is 0 Å². The van der Waals surface area contributed by atoms with E-state index in [-0.39, 0.29) is 12.3 Å². The number of halogens is 1. The number of carboxylic acids is 1. The third-order valence-electron chi connectivity index (χ3n) is 1.99. The lowest BCUT2D eigenvalue weighted by Gasteiger charge is -2.09. The SMILES string of the molecule is N#Cc1ccc(S)c(CC(=O)O)c1CCl. The van der Waals surface area contributed by atoms with E-state index in [2.05, 4.69) is 12.6 Å². The molecule has 0 aromatic heterocycles. The highest BCUT2D eigenvalue weighted by molar-refractivity contribution is 7.80. The van der Waals surface area contributed by atoms with Gasteiger partial charge in [0.15, 0.2) is 0 Å². The maximum absolute atomic E-state index is 10.6. The quantitative estimate of drug-likeness (QED) is 0.630. The summed E-state index contributed by atoms with van der Waals surface area (Å²) >= 11 is 9.84. The number of carbonyl (C=O) groups is 1. The van der Waals surface area contributed by atoms with E-state index >= 15 is 0 Å². The molecule has 0 atom stereocenters. The Bertz CT molecular complexity index is 440. The second-order valence-electron chi connectivity index (χ2n) is 2.91. The maximum Gasteiger partial charge on any atom is 0.307 e. The number of thiol groups is 1. The summed E-state index contributed by atoms with van der Waals surface area (Å²) in [6.07, 6.45) is -0.170. The summed E-state index contributed by atoms with van der Waals surface area (Å²) in [6.45, 7) is 0. The Morgan fingerprint density at radius 1 is 1.53 bits per heavy atom. The highest BCUT2D eigenvalue weighted by Crippen LogP contribution is 2.24. The normalized spacial score (nSPS) is 9.67. The minimum atomic E-state index is -0.966. The van der Waals surface area contributed by atoms with E-state index in [1.807, 2.05) is 6.07 Å². The van der Waals surface area contributed by atoms with Crippen molar-refractivity contribution in [3.05, 3.63) is 28.8 Å². The summed E-state index contributed by atoms with van der Waals surface area (Å²) in [6, 6.07) is 5.17. The van der Waals surface area contributed by atoms with Crippen LogP contribution in [0, 0.1) is 11.3 Å². The van der Waals surface area contributed by atoms with Crippen LogP contribution < -0.4 is 0 Å². The highest BCUT2D eigenvalue weighted by Gasteiger charge is 2.13. The fourth-order valence-electron chi connectivity index (χ4n) is 1.29. The standard InChI is InChI=1S/C10H8ClNO2S/c11-4-8-6(5-12)1-2-9(15)7(8)3-10(13)14/h1-2,15H,3-4H2,(H,13,14). The lowest BCUT2D eigenvalue weighted by atomic mass is 10.0. The highest BCUT2D eigenvalue weighted by atomic mass is 35.5. The molecule has 0 radical (unpaired) electrons. The monoisotopic (exact) mass is 241 g/mol. The van der Waals surface area contributed by atoms with Gasteiger partial charge in [0.1, 0.15) is 0 Å². The molecule has 1 N–H and O–H groups in total. The van der Waals surface area contributed by atoms with Crippen LogP contribution in [0.5, 0.6) is 0 Å². The van der Waals surface area contributed by atoms with Crippen LogP contribution in [0.1, 0.15) is 16.7 Å². The molecule has 1 aromatic carbocycles. The van der Waals surface area contributed by atoms with E-state index in [1.54, 1.807) is 12.1 Å². The van der Waals surface area contributed by atoms with Crippen molar-refractivity contribution in [2.24, 2.45) is 0 Å². The topological polar surface area (TPSA) is 61.1 Å². The summed E-state index contributed by atoms with van der Waals surface area (Å²) in [5, 5.41) is 17.5. The third kappa shape index (κ3) is 2.65. The molecule has 0 aliphatic carbocycles. The number of nitriles is 1. The fraction of sp³-hybridized carbons (Fsp3) is 0.200. The van der Waals surface area contributed by atoms with E-state index in [1.165, 1.54) is 0 Å². The average Bonchev–Trinajstić information content (AvgIpc) is 2.20. The summed E-state index contributed by atoms with van der Waals surface area (Å²) < 4.78 is 0. The third-order valence-corrected chi connectivity index (χ3v) is 2.67. The van der Waals surface area contributed by atoms with Crippen molar-refractivity contribution in [3.63, 3.8) is 0 Å². The number of carboxylic acid groups (broad SMARTS) is 1. The van der Waals surface area contributed by atoms with Crippen molar-refractivity contribution in [1.29, 1.82) is 5.26 Å². The second kappa shape index (κ2) is 5.06. The molecule has 1 aromatic rings. The molecule has 0 saturated heterocycles. The Balaban J connectivity index is 3.33. The number of benzene rings is 1. The Morgan fingerprint density at radius 2 is 2.20 bits per heavy atom. The minimum absolute atomic E-state index is 0.111. The van der Waals surface area contributed by atoms with Crippen LogP contribution in [0.25, 0.3) is 0 Å². The maximum atomic E-state index is 10.6. The molecule has 0 aliphatic rings. The van der Waals surface area contributed by atoms with Crippen molar-refractivity contribution >= 4 is 30.2 Å². The van der Waals surface area contributed by atoms with E-state index in [0.29, 0.717) is 21.6 Å². The summed E-state index contributed by atoms with van der Waals surface area (Å²) in [5.74, 6) is -0.855. The van der Waals surface area contributed by atoms with Gasteiger partial charge in [-0.15, -0.1) is 24.2 Å². The first kappa shape index (κ1) is 11.9. The van der Waals surface area contributed by atoms with Gasteiger partial charge < -0.3 is 5.11 Å². The first-order chi connectivity index (χ1) is 7.10. The molecule has 5 heteroatoms. The molecular weight excluding hydrogens is 234 g/mol. The zero-order chi connectivity index (χ0) is 11.4. The van der Waals surface area contributed by atoms with Gasteiger partial charge in [0, 0.05) is 10.8 Å². The smallest absolute Gasteiger partial charge is 0.307 e. The average molecular weight is 242 g/mol. The van der Waals surface area contributed by atoms with Gasteiger partial charge in [0.05, 0.1) is 18.1 Å². The molecular formula is C10H8ClNO2S. The first-order valence-electron chi connectivity index (χ1n) is 4.11. The molecule has 0 unspecified atom stereocenters. The Morgan fingerprint density at radius 3 is 2.67 bits per heavy atom. The fourth-order valence-corrected chi connectivity index (χ4v) is 1.88. The molecule has 15 heavy (non-hydrogen) atoms. The Hall–Kier alpha value is -1.18. The number of aliphatic carboxylic acids is 1. The minimum Gasteiger partial charge on any atom is -0.481 e. The van der Waals surface area contributed by atoms with Gasteiger partial charge >= 0.3 is 5.97 Å². The zero-order valence-corrected chi connectivity index (χ0v) is 9.35. The number of rotatable bonds is 3. The van der Waals surface area contributed by atoms with Crippen LogP contribution in [0.4, 0.5) is 0 Å². The Labute approximate surface area is 97.7 Å². The van der Waals surface area contributed by atoms with Crippen LogP contribution in [0.2, 0.25) is 0 Å². The predicted octanol–water partition coefficient (Wildman–Crippen LogP) is 2.21. The van der Waals surface area contributed by atoms with Crippen molar-refractivity contribution in [2.45, 2.75) is 17.2 Å². The molecule has 1 rings (SSSR count). The molecule has 0 spiro atoms. The summed E-state index contributed by atoms with van der Waals surface area (Å²) in [7, 11) is 0. The van der Waals surface area contributed by atoms with Crippen LogP contribution in [0.15, 0.2) is 17.0 Å². The predicted molar refractivity (Wildman–Crippen MR) is 59.3 cm³/mol. The largest absolute Gasteiger partial charge is 0.481 e. The van der Waals surface area contributed by atoms with Crippen LogP contribution in [-0.2, 0) is 17.1 Å². The molecule has 78 valence electrons. The van der Waals surface area contributed by atoms with Crippen LogP contribution >= 0.6 is 24.2 Å². The number of alkyl halides is 1. The van der Waals surface area contributed by atoms with Gasteiger partial charge in [-0.2, -0.15) is 5.26 Å². The molecule has 0 fully saturated rings. The molecule has 0 saturated carbocycles. The first-order valence-corrected chi connectivity index (χ1v) is 5.10. The zero-order valence-electron chi connectivity index (χ0n) is 7.70. The van der Waals surface area contributed by atoms with E-state index in [9.17, 15) is 4.79 Å². The Kier molecular flexibility index (Phi) is 4.01. The number of hydrogen-bond donors (Lipinski definition) is 2. The molecule has 0 heterocycles. The van der Waals surface area contributed by atoms with E-state index in [4.69, 9.17) is 22.0 Å². The van der Waals surface area contributed by atoms with Gasteiger partial charge in [-0.3, -0.25) is 4.79 Å². The number of nitrogens with zero attached hydrogens (tertiary/aromatic N) is 1. The molecule has 0 aliphatic heterocycles. The molecule has 0 bridgehead atoms. The van der Waals surface area contributed by atoms with Gasteiger partial charge in [-0.25, -0.2) is 0 Å². The summed E-state index contributed by atoms with van der Waals surface area (Å²) in [5.41, 5.74) is 1.47.